The molecule has 0 spiro atoms. The number of hydrogen-bond acceptors (Lipinski definition) is 4. The Bertz CT molecular complexity index is 898. The van der Waals surface area contributed by atoms with Crippen molar-refractivity contribution in [2.45, 2.75) is 25.6 Å². The Morgan fingerprint density at radius 2 is 1.73 bits per heavy atom. The lowest BCUT2D eigenvalue weighted by Crippen LogP contribution is -2.53. The zero-order chi connectivity index (χ0) is 21.3. The second-order valence-electron chi connectivity index (χ2n) is 8.25. The van der Waals surface area contributed by atoms with Gasteiger partial charge in [-0.25, -0.2) is 0 Å². The van der Waals surface area contributed by atoms with Crippen LogP contribution in [0.2, 0.25) is 10.0 Å². The molecule has 2 aromatic carbocycles. The highest BCUT2D eigenvalue weighted by molar-refractivity contribution is 6.31. The van der Waals surface area contributed by atoms with Crippen molar-refractivity contribution < 1.29 is 9.90 Å². The zero-order valence-corrected chi connectivity index (χ0v) is 18.6. The van der Waals surface area contributed by atoms with Gasteiger partial charge in [0.25, 0.3) is 5.91 Å². The van der Waals surface area contributed by atoms with Gasteiger partial charge < -0.3 is 10.0 Å². The van der Waals surface area contributed by atoms with E-state index in [1.807, 2.05) is 25.1 Å². The number of β-amino-alcohol motifs (C(OH)–C–C–N with tert-alkyl or cyclic N) is 1. The molecule has 4 rings (SSSR count). The van der Waals surface area contributed by atoms with Crippen LogP contribution in [-0.2, 0) is 6.54 Å². The minimum absolute atomic E-state index is 0.0139. The molecular formula is C23H27Cl2N3O2. The summed E-state index contributed by atoms with van der Waals surface area (Å²) in [5.41, 5.74) is 2.76. The Kier molecular flexibility index (Phi) is 6.66. The molecule has 2 aliphatic rings. The van der Waals surface area contributed by atoms with Gasteiger partial charge in [-0.2, -0.15) is 0 Å². The number of hydrogen-bond donors (Lipinski definition) is 1. The lowest BCUT2D eigenvalue weighted by molar-refractivity contribution is 0.0423. The predicted octanol–water partition coefficient (Wildman–Crippen LogP) is 3.30. The molecule has 1 N–H and O–H groups in total. The van der Waals surface area contributed by atoms with Crippen LogP contribution in [0.3, 0.4) is 0 Å². The fraction of sp³-hybridized carbons (Fsp3) is 0.435. The molecule has 160 valence electrons. The number of aliphatic hydroxyl groups is 1. The number of benzene rings is 2. The van der Waals surface area contributed by atoms with E-state index in [2.05, 4.69) is 21.9 Å². The molecule has 30 heavy (non-hydrogen) atoms. The van der Waals surface area contributed by atoms with Crippen LogP contribution in [0.4, 0.5) is 0 Å². The van der Waals surface area contributed by atoms with Crippen molar-refractivity contribution in [2.24, 2.45) is 0 Å². The Morgan fingerprint density at radius 3 is 2.40 bits per heavy atom. The van der Waals surface area contributed by atoms with Crippen LogP contribution in [0.25, 0.3) is 0 Å². The molecule has 2 aromatic rings. The van der Waals surface area contributed by atoms with E-state index in [0.29, 0.717) is 23.7 Å². The first-order valence-corrected chi connectivity index (χ1v) is 11.1. The molecule has 0 radical (unpaired) electrons. The summed E-state index contributed by atoms with van der Waals surface area (Å²) in [6, 6.07) is 13.3. The summed E-state index contributed by atoms with van der Waals surface area (Å²) in [7, 11) is 0. The van der Waals surface area contributed by atoms with Crippen molar-refractivity contribution in [2.75, 3.05) is 39.3 Å². The summed E-state index contributed by atoms with van der Waals surface area (Å²) in [5, 5.41) is 12.1. The summed E-state index contributed by atoms with van der Waals surface area (Å²) in [4.78, 5) is 19.4. The number of amides is 1. The van der Waals surface area contributed by atoms with Gasteiger partial charge in [-0.05, 0) is 48.4 Å². The topological polar surface area (TPSA) is 47.0 Å². The van der Waals surface area contributed by atoms with Crippen molar-refractivity contribution in [1.29, 1.82) is 0 Å². The first-order valence-electron chi connectivity index (χ1n) is 10.3. The SMILES string of the molecule is Cc1cc(C(=O)N2CC(O)C(N3CCN(Cc4ccc(Cl)cc4)CC3)C2)ccc1Cl. The van der Waals surface area contributed by atoms with E-state index in [1.54, 1.807) is 17.0 Å². The van der Waals surface area contributed by atoms with Crippen LogP contribution >= 0.6 is 23.2 Å². The van der Waals surface area contributed by atoms with Crippen LogP contribution < -0.4 is 0 Å². The van der Waals surface area contributed by atoms with E-state index in [4.69, 9.17) is 23.2 Å². The van der Waals surface area contributed by atoms with E-state index in [-0.39, 0.29) is 11.9 Å². The number of carbonyl (C=O) groups is 1. The lowest BCUT2D eigenvalue weighted by atomic mass is 10.1. The van der Waals surface area contributed by atoms with Gasteiger partial charge in [0.1, 0.15) is 0 Å². The zero-order valence-electron chi connectivity index (χ0n) is 17.1. The summed E-state index contributed by atoms with van der Waals surface area (Å²) < 4.78 is 0. The summed E-state index contributed by atoms with van der Waals surface area (Å²) >= 11 is 12.1. The monoisotopic (exact) mass is 447 g/mol. The maximum Gasteiger partial charge on any atom is 0.254 e. The molecule has 5 nitrogen and oxygen atoms in total. The Labute approximate surface area is 187 Å². The standard InChI is InChI=1S/C23H27Cl2N3O2/c1-16-12-18(4-7-20(16)25)23(30)28-14-21(22(29)15-28)27-10-8-26(9-11-27)13-17-2-5-19(24)6-3-17/h2-7,12,21-22,29H,8-11,13-15H2,1H3. The molecular weight excluding hydrogens is 421 g/mol. The van der Waals surface area contributed by atoms with E-state index >= 15 is 0 Å². The molecule has 0 aromatic heterocycles. The molecule has 0 bridgehead atoms. The number of rotatable bonds is 4. The number of aryl methyl sites for hydroxylation is 1. The van der Waals surface area contributed by atoms with Gasteiger partial charge in [0.2, 0.25) is 0 Å². The number of piperazine rings is 1. The van der Waals surface area contributed by atoms with Gasteiger partial charge in [-0.3, -0.25) is 14.6 Å². The third kappa shape index (κ3) is 4.82. The lowest BCUT2D eigenvalue weighted by Gasteiger charge is -2.38. The van der Waals surface area contributed by atoms with Gasteiger partial charge in [0, 0.05) is 61.4 Å². The Hall–Kier alpha value is -1.63. The molecule has 2 saturated heterocycles. The maximum absolute atomic E-state index is 12.9. The van der Waals surface area contributed by atoms with Crippen LogP contribution in [0.15, 0.2) is 42.5 Å². The number of halogens is 2. The Balaban J connectivity index is 1.32. The van der Waals surface area contributed by atoms with Crippen LogP contribution in [0.5, 0.6) is 0 Å². The maximum atomic E-state index is 12.9. The normalized spacial score (nSPS) is 23.1. The number of likely N-dealkylation sites (tertiary alicyclic amines) is 1. The first-order chi connectivity index (χ1) is 14.4. The summed E-state index contributed by atoms with van der Waals surface area (Å²) in [6.07, 6.45) is -0.523. The third-order valence-corrected chi connectivity index (χ3v) is 6.82. The van der Waals surface area contributed by atoms with E-state index < -0.39 is 6.10 Å². The molecule has 0 saturated carbocycles. The van der Waals surface area contributed by atoms with Crippen molar-refractivity contribution in [3.63, 3.8) is 0 Å². The predicted molar refractivity (Wildman–Crippen MR) is 120 cm³/mol. The van der Waals surface area contributed by atoms with Gasteiger partial charge in [-0.15, -0.1) is 0 Å². The fourth-order valence-corrected chi connectivity index (χ4v) is 4.60. The molecule has 2 heterocycles. The second-order valence-corrected chi connectivity index (χ2v) is 9.09. The minimum atomic E-state index is -0.523. The van der Waals surface area contributed by atoms with Crippen molar-refractivity contribution in [1.82, 2.24) is 14.7 Å². The number of nitrogens with zero attached hydrogens (tertiary/aromatic N) is 3. The molecule has 2 fully saturated rings. The first kappa shape index (κ1) is 21.6. The van der Waals surface area contributed by atoms with Crippen molar-refractivity contribution in [3.05, 3.63) is 69.2 Å². The molecule has 2 aliphatic heterocycles. The van der Waals surface area contributed by atoms with Crippen LogP contribution in [0, 0.1) is 6.92 Å². The Morgan fingerprint density at radius 1 is 1.03 bits per heavy atom. The van der Waals surface area contributed by atoms with Crippen molar-refractivity contribution in [3.8, 4) is 0 Å². The largest absolute Gasteiger partial charge is 0.390 e. The van der Waals surface area contributed by atoms with Gasteiger partial charge in [-0.1, -0.05) is 35.3 Å². The summed E-state index contributed by atoms with van der Waals surface area (Å²) in [5.74, 6) is -0.0438. The van der Waals surface area contributed by atoms with E-state index in [9.17, 15) is 9.90 Å². The highest BCUT2D eigenvalue weighted by Gasteiger charge is 2.38. The number of aliphatic hydroxyl groups excluding tert-OH is 1. The van der Waals surface area contributed by atoms with Crippen molar-refractivity contribution >= 4 is 29.1 Å². The smallest absolute Gasteiger partial charge is 0.254 e. The fourth-order valence-electron chi connectivity index (χ4n) is 4.36. The molecule has 0 aliphatic carbocycles. The molecule has 2 unspecified atom stereocenters. The minimum Gasteiger partial charge on any atom is -0.390 e. The quantitative estimate of drug-likeness (QED) is 0.780. The van der Waals surface area contributed by atoms with Gasteiger partial charge in [0.15, 0.2) is 0 Å². The van der Waals surface area contributed by atoms with Gasteiger partial charge >= 0.3 is 0 Å². The molecule has 2 atom stereocenters. The average Bonchev–Trinajstić information content (AvgIpc) is 3.13. The molecule has 7 heteroatoms. The van der Waals surface area contributed by atoms with E-state index in [1.165, 1.54) is 5.56 Å². The molecule has 1 amide bonds. The highest BCUT2D eigenvalue weighted by Crippen LogP contribution is 2.23. The average molecular weight is 448 g/mol. The van der Waals surface area contributed by atoms with E-state index in [0.717, 1.165) is 43.3 Å². The van der Waals surface area contributed by atoms with Crippen LogP contribution in [-0.4, -0.2) is 77.1 Å². The number of carbonyl (C=O) groups excluding carboxylic acids is 1. The second kappa shape index (κ2) is 9.25. The van der Waals surface area contributed by atoms with Crippen LogP contribution in [0.1, 0.15) is 21.5 Å². The third-order valence-electron chi connectivity index (χ3n) is 6.15. The highest BCUT2D eigenvalue weighted by atomic mass is 35.5. The van der Waals surface area contributed by atoms with Gasteiger partial charge in [0.05, 0.1) is 12.1 Å². The summed E-state index contributed by atoms with van der Waals surface area (Å²) in [6.45, 7) is 7.37.